The van der Waals surface area contributed by atoms with E-state index in [1.807, 2.05) is 29.2 Å². The summed E-state index contributed by atoms with van der Waals surface area (Å²) in [7, 11) is -4.01. The molecule has 6 nitrogen and oxygen atoms in total. The Morgan fingerprint density at radius 1 is 1.13 bits per heavy atom. The molecule has 1 N–H and O–H groups in total. The van der Waals surface area contributed by atoms with Crippen LogP contribution in [-0.4, -0.2) is 37.3 Å². The van der Waals surface area contributed by atoms with Gasteiger partial charge in [0.25, 0.3) is 15.9 Å². The molecule has 38 heavy (non-hydrogen) atoms. The number of hydrogen-bond donors (Lipinski definition) is 1. The maximum atomic E-state index is 14.0. The van der Waals surface area contributed by atoms with Crippen LogP contribution in [0, 0.1) is 5.82 Å². The minimum Gasteiger partial charge on any atom is -0.334 e. The van der Waals surface area contributed by atoms with Crippen molar-refractivity contribution < 1.29 is 17.6 Å². The number of halogens is 2. The second-order valence-electron chi connectivity index (χ2n) is 9.05. The summed E-state index contributed by atoms with van der Waals surface area (Å²) in [6.07, 6.45) is 2.55. The molecule has 10 heteroatoms. The predicted octanol–water partition coefficient (Wildman–Crippen LogP) is 6.99. The highest BCUT2D eigenvalue weighted by molar-refractivity contribution is 7.93. The van der Waals surface area contributed by atoms with Crippen LogP contribution in [0.4, 0.5) is 10.1 Å². The average Bonchev–Trinajstić information content (AvgIpc) is 3.40. The monoisotopic (exact) mass is 569 g/mol. The van der Waals surface area contributed by atoms with Gasteiger partial charge in [-0.3, -0.25) is 9.52 Å². The third-order valence-corrected chi connectivity index (χ3v) is 9.13. The molecule has 0 aliphatic carbocycles. The topological polar surface area (TPSA) is 79.4 Å². The molecule has 2 heterocycles. The molecule has 5 rings (SSSR count). The van der Waals surface area contributed by atoms with E-state index in [4.69, 9.17) is 11.6 Å². The van der Waals surface area contributed by atoms with Gasteiger partial charge in [0, 0.05) is 29.4 Å². The molecule has 1 amide bonds. The van der Waals surface area contributed by atoms with E-state index in [9.17, 15) is 17.6 Å². The summed E-state index contributed by atoms with van der Waals surface area (Å²) in [5, 5.41) is 0.713. The highest BCUT2D eigenvalue weighted by atomic mass is 35.5. The quantitative estimate of drug-likeness (QED) is 0.260. The van der Waals surface area contributed by atoms with Gasteiger partial charge in [-0.2, -0.15) is 0 Å². The maximum Gasteiger partial charge on any atom is 0.264 e. The Balaban J connectivity index is 1.33. The first-order valence-electron chi connectivity index (χ1n) is 12.2. The molecule has 4 aromatic rings. The van der Waals surface area contributed by atoms with Crippen LogP contribution in [0.25, 0.3) is 15.8 Å². The zero-order chi connectivity index (χ0) is 26.9. The Kier molecular flexibility index (Phi) is 7.52. The molecule has 0 fully saturated rings. The van der Waals surface area contributed by atoms with Gasteiger partial charge >= 0.3 is 0 Å². The Labute approximate surface area is 229 Å². The fourth-order valence-corrected chi connectivity index (χ4v) is 7.00. The molecule has 3 aromatic carbocycles. The number of nitrogens with one attached hydrogen (secondary N) is 1. The molecule has 1 aliphatic rings. The van der Waals surface area contributed by atoms with Gasteiger partial charge in [-0.15, -0.1) is 11.3 Å². The number of thiazole rings is 1. The number of rotatable bonds is 7. The van der Waals surface area contributed by atoms with Gasteiger partial charge in [-0.1, -0.05) is 43.1 Å². The zero-order valence-electron chi connectivity index (χ0n) is 20.6. The molecule has 0 unspecified atom stereocenters. The standard InChI is InChI=1S/C28H25ClFN3O3S2/c1-2-5-19-16-33(15-14-21(19)22-6-3-4-7-23(22)29)28(34)18-8-10-20(11-9-18)32-38(35,36)25-13-12-24(30)27-26(25)31-17-37-27/h3-4,6-13,17,32H,2,5,14-16H2,1H3. The average molecular weight is 570 g/mol. The van der Waals surface area contributed by atoms with E-state index in [-0.39, 0.29) is 21.0 Å². The normalized spacial score (nSPS) is 14.2. The van der Waals surface area contributed by atoms with E-state index in [1.54, 1.807) is 24.3 Å². The second-order valence-corrected chi connectivity index (χ2v) is 12.0. The number of fused-ring (bicyclic) bond motifs is 1. The Morgan fingerprint density at radius 3 is 2.63 bits per heavy atom. The molecular weight excluding hydrogens is 545 g/mol. The van der Waals surface area contributed by atoms with Crippen molar-refractivity contribution in [3.05, 3.63) is 93.7 Å². The van der Waals surface area contributed by atoms with Crippen LogP contribution in [0.2, 0.25) is 5.02 Å². The van der Waals surface area contributed by atoms with E-state index >= 15 is 0 Å². The zero-order valence-corrected chi connectivity index (χ0v) is 23.0. The molecule has 0 bridgehead atoms. The first kappa shape index (κ1) is 26.3. The first-order chi connectivity index (χ1) is 18.3. The van der Waals surface area contributed by atoms with Crippen LogP contribution >= 0.6 is 22.9 Å². The van der Waals surface area contributed by atoms with Crippen molar-refractivity contribution in [1.82, 2.24) is 9.88 Å². The summed E-state index contributed by atoms with van der Waals surface area (Å²) < 4.78 is 42.7. The van der Waals surface area contributed by atoms with Gasteiger partial charge in [-0.05, 0) is 72.0 Å². The number of nitrogens with zero attached hydrogens (tertiary/aromatic N) is 2. The summed E-state index contributed by atoms with van der Waals surface area (Å²) in [6, 6.07) is 16.4. The van der Waals surface area contributed by atoms with E-state index < -0.39 is 15.8 Å². The summed E-state index contributed by atoms with van der Waals surface area (Å²) in [6.45, 7) is 3.20. The summed E-state index contributed by atoms with van der Waals surface area (Å²) >= 11 is 7.51. The van der Waals surface area contributed by atoms with Crippen molar-refractivity contribution in [1.29, 1.82) is 0 Å². The number of carbonyl (C=O) groups is 1. The lowest BCUT2D eigenvalue weighted by atomic mass is 9.90. The van der Waals surface area contributed by atoms with Gasteiger partial charge in [0.1, 0.15) is 16.2 Å². The van der Waals surface area contributed by atoms with Crippen molar-refractivity contribution in [3.63, 3.8) is 0 Å². The fraction of sp³-hybridized carbons (Fsp3) is 0.214. The van der Waals surface area contributed by atoms with E-state index in [1.165, 1.54) is 22.7 Å². The first-order valence-corrected chi connectivity index (χ1v) is 14.9. The SMILES string of the molecule is CCCC1=C(c2ccccc2Cl)CCN(C(=O)c2ccc(NS(=O)(=O)c3ccc(F)c4scnc34)cc2)C1. The number of hydrogen-bond acceptors (Lipinski definition) is 5. The molecule has 0 atom stereocenters. The van der Waals surface area contributed by atoms with Gasteiger partial charge < -0.3 is 4.90 Å². The van der Waals surface area contributed by atoms with Crippen LogP contribution in [0.5, 0.6) is 0 Å². The number of amides is 1. The number of benzene rings is 3. The van der Waals surface area contributed by atoms with Crippen molar-refractivity contribution in [2.45, 2.75) is 31.1 Å². The maximum absolute atomic E-state index is 14.0. The lowest BCUT2D eigenvalue weighted by Crippen LogP contribution is -2.37. The van der Waals surface area contributed by atoms with Crippen LogP contribution in [0.15, 0.2) is 76.6 Å². The number of aromatic nitrogens is 1. The van der Waals surface area contributed by atoms with Gasteiger partial charge in [-0.25, -0.2) is 17.8 Å². The molecule has 196 valence electrons. The van der Waals surface area contributed by atoms with Crippen LogP contribution in [-0.2, 0) is 10.0 Å². The fourth-order valence-electron chi connectivity index (χ4n) is 4.75. The molecule has 0 spiro atoms. The van der Waals surface area contributed by atoms with Crippen LogP contribution in [0.3, 0.4) is 0 Å². The van der Waals surface area contributed by atoms with E-state index in [0.29, 0.717) is 35.8 Å². The third-order valence-electron chi connectivity index (χ3n) is 6.55. The Bertz CT molecular complexity index is 1650. The highest BCUT2D eigenvalue weighted by Crippen LogP contribution is 2.34. The predicted molar refractivity (Wildman–Crippen MR) is 151 cm³/mol. The largest absolute Gasteiger partial charge is 0.334 e. The summed E-state index contributed by atoms with van der Waals surface area (Å²) in [5.41, 5.74) is 5.70. The Hall–Kier alpha value is -3.27. The molecule has 0 radical (unpaired) electrons. The minimum absolute atomic E-state index is 0.0893. The number of carbonyl (C=O) groups excluding carboxylic acids is 1. The molecule has 1 aromatic heterocycles. The van der Waals surface area contributed by atoms with Crippen molar-refractivity contribution in [3.8, 4) is 0 Å². The molecule has 1 aliphatic heterocycles. The summed E-state index contributed by atoms with van der Waals surface area (Å²) in [5.74, 6) is -0.633. The van der Waals surface area contributed by atoms with Crippen LogP contribution in [0.1, 0.15) is 42.1 Å². The van der Waals surface area contributed by atoms with E-state index in [0.717, 1.165) is 35.8 Å². The summed E-state index contributed by atoms with van der Waals surface area (Å²) in [4.78, 5) is 19.1. The number of anilines is 1. The van der Waals surface area contributed by atoms with Crippen LogP contribution < -0.4 is 4.72 Å². The van der Waals surface area contributed by atoms with Crippen molar-refractivity contribution in [2.75, 3.05) is 17.8 Å². The molecule has 0 saturated carbocycles. The smallest absolute Gasteiger partial charge is 0.264 e. The highest BCUT2D eigenvalue weighted by Gasteiger charge is 2.25. The lowest BCUT2D eigenvalue weighted by Gasteiger charge is -2.32. The molecular formula is C28H25ClFN3O3S2. The molecule has 0 saturated heterocycles. The van der Waals surface area contributed by atoms with E-state index in [2.05, 4.69) is 16.6 Å². The van der Waals surface area contributed by atoms with Gasteiger partial charge in [0.05, 0.1) is 10.2 Å². The van der Waals surface area contributed by atoms with Crippen molar-refractivity contribution >= 4 is 60.3 Å². The second kappa shape index (κ2) is 10.8. The third kappa shape index (κ3) is 5.18. The van der Waals surface area contributed by atoms with Gasteiger partial charge in [0.2, 0.25) is 0 Å². The number of sulfonamides is 1. The minimum atomic E-state index is -4.01. The Morgan fingerprint density at radius 2 is 1.89 bits per heavy atom. The lowest BCUT2D eigenvalue weighted by molar-refractivity contribution is 0.0766. The van der Waals surface area contributed by atoms with Gasteiger partial charge in [0.15, 0.2) is 0 Å². The van der Waals surface area contributed by atoms with Crippen molar-refractivity contribution in [2.24, 2.45) is 0 Å².